The van der Waals surface area contributed by atoms with Gasteiger partial charge in [-0.2, -0.15) is 8.42 Å². The minimum absolute atomic E-state index is 0. The SMILES string of the molecule is C=CCOCC=C.CCCCCCCCCCCC(=O)O.O=S(=O)(O)O.[NaH]. The van der Waals surface area contributed by atoms with Crippen LogP contribution in [0.5, 0.6) is 0 Å². The van der Waals surface area contributed by atoms with E-state index in [9.17, 15) is 4.79 Å². The first kappa shape index (κ1) is 34.3. The van der Waals surface area contributed by atoms with Crippen molar-refractivity contribution < 1.29 is 32.2 Å². The summed E-state index contributed by atoms with van der Waals surface area (Å²) >= 11 is 0. The van der Waals surface area contributed by atoms with Crippen molar-refractivity contribution in [3.05, 3.63) is 25.3 Å². The van der Waals surface area contributed by atoms with E-state index in [-0.39, 0.29) is 29.6 Å². The molecule has 0 radical (unpaired) electrons. The monoisotopic (exact) mass is 420 g/mol. The molecule has 0 aromatic rings. The molecule has 0 amide bonds. The van der Waals surface area contributed by atoms with Crippen LogP contribution in [0.3, 0.4) is 0 Å². The van der Waals surface area contributed by atoms with E-state index in [2.05, 4.69) is 20.1 Å². The number of carboxylic acid groups (broad SMARTS) is 1. The zero-order valence-electron chi connectivity index (χ0n) is 15.9. The molecule has 0 fully saturated rings. The zero-order chi connectivity index (χ0) is 20.7. The van der Waals surface area contributed by atoms with E-state index in [1.54, 1.807) is 12.2 Å². The van der Waals surface area contributed by atoms with E-state index in [1.807, 2.05) is 0 Å². The van der Waals surface area contributed by atoms with Crippen molar-refractivity contribution in [3.63, 3.8) is 0 Å². The molecule has 9 heteroatoms. The summed E-state index contributed by atoms with van der Waals surface area (Å²) in [4.78, 5) is 10.2. The van der Waals surface area contributed by atoms with E-state index in [0.29, 0.717) is 19.6 Å². The molecule has 0 saturated heterocycles. The molecule has 3 N–H and O–H groups in total. The summed E-state index contributed by atoms with van der Waals surface area (Å²) in [6, 6.07) is 0. The van der Waals surface area contributed by atoms with Crippen molar-refractivity contribution in [1.29, 1.82) is 0 Å². The summed E-state index contributed by atoms with van der Waals surface area (Å²) in [6.45, 7) is 10.4. The third-order valence-corrected chi connectivity index (χ3v) is 2.97. The van der Waals surface area contributed by atoms with Crippen LogP contribution in [0.25, 0.3) is 0 Å². The second-order valence-electron chi connectivity index (χ2n) is 5.53. The van der Waals surface area contributed by atoms with Crippen LogP contribution in [0.4, 0.5) is 0 Å². The molecule has 27 heavy (non-hydrogen) atoms. The van der Waals surface area contributed by atoms with Gasteiger partial charge in [-0.05, 0) is 6.42 Å². The van der Waals surface area contributed by atoms with Crippen molar-refractivity contribution in [1.82, 2.24) is 0 Å². The second kappa shape index (κ2) is 28.0. The number of carbonyl (C=O) groups is 1. The Hall–Kier alpha value is -0.220. The summed E-state index contributed by atoms with van der Waals surface area (Å²) < 4.78 is 36.5. The quantitative estimate of drug-likeness (QED) is 0.168. The molecule has 0 unspecified atom stereocenters. The van der Waals surface area contributed by atoms with Crippen LogP contribution < -0.4 is 0 Å². The predicted molar refractivity (Wildman–Crippen MR) is 112 cm³/mol. The fourth-order valence-electron chi connectivity index (χ4n) is 1.82. The molecular weight excluding hydrogens is 383 g/mol. The molecular formula is C18H37NaO7S. The van der Waals surface area contributed by atoms with Gasteiger partial charge >= 0.3 is 45.9 Å². The van der Waals surface area contributed by atoms with Crippen LogP contribution in [-0.2, 0) is 19.9 Å². The number of hydrogen-bond donors (Lipinski definition) is 3. The molecule has 0 aromatic heterocycles. The number of hydrogen-bond acceptors (Lipinski definition) is 4. The van der Waals surface area contributed by atoms with Crippen molar-refractivity contribution >= 4 is 45.9 Å². The predicted octanol–water partition coefficient (Wildman–Crippen LogP) is 4.07. The van der Waals surface area contributed by atoms with Crippen LogP contribution in [0.15, 0.2) is 25.3 Å². The number of ether oxygens (including phenoxy) is 1. The van der Waals surface area contributed by atoms with Crippen molar-refractivity contribution in [2.45, 2.75) is 71.1 Å². The van der Waals surface area contributed by atoms with Crippen LogP contribution >= 0.6 is 0 Å². The molecule has 0 saturated carbocycles. The molecule has 7 nitrogen and oxygen atoms in total. The van der Waals surface area contributed by atoms with E-state index in [0.717, 1.165) is 12.8 Å². The molecule has 0 rings (SSSR count). The molecule has 0 aliphatic heterocycles. The second-order valence-corrected chi connectivity index (χ2v) is 6.43. The maximum absolute atomic E-state index is 10.2. The summed E-state index contributed by atoms with van der Waals surface area (Å²) in [5.74, 6) is -0.659. The molecule has 0 atom stereocenters. The third kappa shape index (κ3) is 66.7. The topological polar surface area (TPSA) is 121 Å². The van der Waals surface area contributed by atoms with E-state index in [4.69, 9.17) is 27.4 Å². The van der Waals surface area contributed by atoms with Gasteiger partial charge in [-0.25, -0.2) is 0 Å². The molecule has 0 aliphatic carbocycles. The molecule has 0 aliphatic rings. The van der Waals surface area contributed by atoms with Gasteiger partial charge in [0, 0.05) is 6.42 Å². The Bertz CT molecular complexity index is 409. The third-order valence-electron chi connectivity index (χ3n) is 2.97. The Morgan fingerprint density at radius 1 is 0.889 bits per heavy atom. The number of rotatable bonds is 14. The first-order valence-corrected chi connectivity index (χ1v) is 10.3. The van der Waals surface area contributed by atoms with Gasteiger partial charge in [0.15, 0.2) is 0 Å². The number of carboxylic acids is 1. The first-order valence-electron chi connectivity index (χ1n) is 8.90. The summed E-state index contributed by atoms with van der Waals surface area (Å²) in [6.07, 6.45) is 14.9. The first-order chi connectivity index (χ1) is 12.2. The van der Waals surface area contributed by atoms with Crippen molar-refractivity contribution in [2.75, 3.05) is 13.2 Å². The standard InChI is InChI=1S/C12H24O2.C6H10O.Na.H2O4S.H/c1-2-3-4-5-6-7-8-9-10-11-12(13)14;1-3-5-7-6-4-2;;1-5(2,3)4;/h2-11H2,1H3,(H,13,14);3-4H,1-2,5-6H2;;(H2,1,2,3,4);. The Balaban J connectivity index is -0.000000170. The fourth-order valence-corrected chi connectivity index (χ4v) is 1.82. The summed E-state index contributed by atoms with van der Waals surface area (Å²) in [5.41, 5.74) is 0. The van der Waals surface area contributed by atoms with Crippen LogP contribution in [0.2, 0.25) is 0 Å². The number of unbranched alkanes of at least 4 members (excludes halogenated alkanes) is 8. The molecule has 0 spiro atoms. The van der Waals surface area contributed by atoms with E-state index in [1.165, 1.54) is 44.9 Å². The maximum atomic E-state index is 10.2. The van der Waals surface area contributed by atoms with E-state index >= 15 is 0 Å². The fraction of sp³-hybridized carbons (Fsp3) is 0.722. The van der Waals surface area contributed by atoms with Gasteiger partial charge in [0.05, 0.1) is 13.2 Å². The van der Waals surface area contributed by atoms with Crippen LogP contribution in [0.1, 0.15) is 71.1 Å². The zero-order valence-corrected chi connectivity index (χ0v) is 16.8. The van der Waals surface area contributed by atoms with Gasteiger partial charge < -0.3 is 9.84 Å². The molecule has 0 heterocycles. The Labute approximate surface area is 187 Å². The Morgan fingerprint density at radius 3 is 1.52 bits per heavy atom. The summed E-state index contributed by atoms with van der Waals surface area (Å²) in [7, 11) is -4.67. The van der Waals surface area contributed by atoms with Crippen molar-refractivity contribution in [2.24, 2.45) is 0 Å². The Kier molecular flexibility index (Phi) is 35.6. The van der Waals surface area contributed by atoms with Gasteiger partial charge in [0.25, 0.3) is 0 Å². The molecule has 0 aromatic carbocycles. The van der Waals surface area contributed by atoms with Gasteiger partial charge in [-0.3, -0.25) is 13.9 Å². The van der Waals surface area contributed by atoms with Crippen LogP contribution in [-0.4, -0.2) is 71.4 Å². The average molecular weight is 421 g/mol. The minimum atomic E-state index is -4.67. The van der Waals surface area contributed by atoms with Gasteiger partial charge in [-0.1, -0.05) is 70.4 Å². The summed E-state index contributed by atoms with van der Waals surface area (Å²) in [5, 5.41) is 8.41. The van der Waals surface area contributed by atoms with Crippen molar-refractivity contribution in [3.8, 4) is 0 Å². The normalized spacial score (nSPS) is 9.59. The molecule has 158 valence electrons. The Morgan fingerprint density at radius 2 is 1.22 bits per heavy atom. The van der Waals surface area contributed by atoms with Crippen LogP contribution in [0, 0.1) is 0 Å². The molecule has 0 bridgehead atoms. The van der Waals surface area contributed by atoms with Gasteiger partial charge in [-0.15, -0.1) is 13.2 Å². The van der Waals surface area contributed by atoms with Gasteiger partial charge in [0.1, 0.15) is 0 Å². The average Bonchev–Trinajstić information content (AvgIpc) is 2.53. The number of aliphatic carboxylic acids is 1. The van der Waals surface area contributed by atoms with E-state index < -0.39 is 16.4 Å². The van der Waals surface area contributed by atoms with Gasteiger partial charge in [0.2, 0.25) is 0 Å².